The first-order chi connectivity index (χ1) is 31.4. The predicted octanol–water partition coefficient (Wildman–Crippen LogP) is 11.1. The minimum absolute atomic E-state index is 0.0647. The minimum Gasteiger partial charge on any atom is -0.276 e. The van der Waals surface area contributed by atoms with Crippen LogP contribution in [0.25, 0.3) is 91.6 Å². The summed E-state index contributed by atoms with van der Waals surface area (Å²) in [7, 11) is 0. The van der Waals surface area contributed by atoms with Crippen molar-refractivity contribution in [3.05, 3.63) is 139 Å². The molecule has 0 bridgehead atoms. The molecule has 3 heterocycles. The largest absolute Gasteiger partial charge is 0.276 e. The van der Waals surface area contributed by atoms with Gasteiger partial charge in [0.05, 0.1) is 58.5 Å². The fraction of sp³-hybridized carbons (Fsp3) is 0. The van der Waals surface area contributed by atoms with Gasteiger partial charge in [0.1, 0.15) is 0 Å². The first kappa shape index (κ1) is 10.8. The Morgan fingerprint density at radius 3 is 2.02 bits per heavy atom. The maximum absolute atomic E-state index is 9.39. The highest BCUT2D eigenvalue weighted by atomic mass is 32.1. The topological polar surface area (TPSA) is 30.7 Å². The Labute approximate surface area is 288 Å². The van der Waals surface area contributed by atoms with Crippen LogP contribution in [0.3, 0.4) is 0 Å². The van der Waals surface area contributed by atoms with Crippen molar-refractivity contribution in [2.24, 2.45) is 0 Å². The lowest BCUT2D eigenvalue weighted by molar-refractivity contribution is 1.02. The van der Waals surface area contributed by atoms with E-state index in [-0.39, 0.29) is 47.2 Å². The number of nitrogens with zero attached hydrogens (tertiary/aromatic N) is 3. The molecule has 0 aliphatic carbocycles. The first-order valence-electron chi connectivity index (χ1n) is 24.5. The van der Waals surface area contributed by atoms with Crippen molar-refractivity contribution in [3.63, 3.8) is 0 Å². The molecule has 0 saturated heterocycles. The summed E-state index contributed by atoms with van der Waals surface area (Å²) in [6.07, 6.45) is 0. The Morgan fingerprint density at radius 1 is 0.523 bits per heavy atom. The van der Waals surface area contributed by atoms with Gasteiger partial charge in [-0.2, -0.15) is 0 Å². The van der Waals surface area contributed by atoms with Crippen molar-refractivity contribution in [1.29, 1.82) is 0 Å². The summed E-state index contributed by atoms with van der Waals surface area (Å²) < 4.78 is 205. The number of fused-ring (bicyclic) bond motifs is 13. The normalized spacial score (nSPS) is 19.4. The van der Waals surface area contributed by atoms with E-state index in [1.54, 1.807) is 0 Å². The first-order valence-corrected chi connectivity index (χ1v) is 13.8. The molecular formula is C40H23N3S. The second-order valence-corrected chi connectivity index (χ2v) is 10.7. The van der Waals surface area contributed by atoms with Crippen LogP contribution in [0.15, 0.2) is 139 Å². The number of rotatable bonds is 2. The molecule has 4 heteroatoms. The third-order valence-corrected chi connectivity index (χ3v) is 8.52. The zero-order valence-electron chi connectivity index (χ0n) is 44.7. The molecule has 7 aromatic carbocycles. The molecule has 0 spiro atoms. The molecule has 204 valence electrons. The average Bonchev–Trinajstić information content (AvgIpc) is 3.88. The minimum atomic E-state index is -0.862. The van der Waals surface area contributed by atoms with Gasteiger partial charge in [0.2, 0.25) is 5.95 Å². The third-order valence-electron chi connectivity index (χ3n) is 7.41. The van der Waals surface area contributed by atoms with E-state index in [2.05, 4.69) is 0 Å². The summed E-state index contributed by atoms with van der Waals surface area (Å²) in [5, 5.41) is -3.02. The van der Waals surface area contributed by atoms with E-state index < -0.39 is 183 Å². The summed E-state index contributed by atoms with van der Waals surface area (Å²) in [6.45, 7) is 0. The maximum atomic E-state index is 9.39. The van der Waals surface area contributed by atoms with Crippen molar-refractivity contribution in [3.8, 4) is 17.2 Å². The van der Waals surface area contributed by atoms with Gasteiger partial charge >= 0.3 is 0 Å². The van der Waals surface area contributed by atoms with Crippen LogP contribution in [0.4, 0.5) is 0 Å². The molecule has 0 radical (unpaired) electrons. The summed E-state index contributed by atoms with van der Waals surface area (Å²) in [6, 6.07) is -17.4. The lowest BCUT2D eigenvalue weighted by atomic mass is 9.99. The molecular weight excluding hydrogens is 555 g/mol. The van der Waals surface area contributed by atoms with Crippen LogP contribution in [0.5, 0.6) is 0 Å². The van der Waals surface area contributed by atoms with Crippen molar-refractivity contribution in [2.75, 3.05) is 0 Å². The molecule has 0 fully saturated rings. The van der Waals surface area contributed by atoms with Gasteiger partial charge < -0.3 is 0 Å². The van der Waals surface area contributed by atoms with Crippen LogP contribution in [-0.2, 0) is 0 Å². The van der Waals surface area contributed by atoms with E-state index >= 15 is 0 Å². The lowest BCUT2D eigenvalue weighted by Gasteiger charge is -2.14. The Hall–Kier alpha value is -5.58. The molecule has 0 unspecified atom stereocenters. The fourth-order valence-electron chi connectivity index (χ4n) is 5.67. The molecule has 0 atom stereocenters. The predicted molar refractivity (Wildman–Crippen MR) is 187 cm³/mol. The van der Waals surface area contributed by atoms with Gasteiger partial charge in [-0.1, -0.05) is 121 Å². The summed E-state index contributed by atoms with van der Waals surface area (Å²) in [4.78, 5) is 9.44. The van der Waals surface area contributed by atoms with Gasteiger partial charge in [-0.25, -0.2) is 9.97 Å². The molecule has 0 aliphatic rings. The second kappa shape index (κ2) is 8.96. The van der Waals surface area contributed by atoms with Crippen LogP contribution in [0, 0.1) is 0 Å². The number of para-hydroxylation sites is 1. The Morgan fingerprint density at radius 2 is 1.18 bits per heavy atom. The molecule has 44 heavy (non-hydrogen) atoms. The summed E-state index contributed by atoms with van der Waals surface area (Å²) in [5.41, 5.74) is -2.53. The molecule has 3 nitrogen and oxygen atoms in total. The van der Waals surface area contributed by atoms with Crippen LogP contribution < -0.4 is 0 Å². The SMILES string of the molecule is [2H]c1c([2H])c([2H])c(-c2nc(-n3c4c([2H])c([2H])c([2H])c([2H])c4c4c5c([2H])c([2H])c([2H])c([2H])c5c5c(sc6c([2H])c([2H])c([2H])c([2H])c65)c43)nc3c2c([2H])c([2H])c2c([2H])c([2H])c([2H])c([2H])c23)c([2H])c1[2H]. The highest BCUT2D eigenvalue weighted by Gasteiger charge is 2.23. The number of hydrogen-bond acceptors (Lipinski definition) is 3. The van der Waals surface area contributed by atoms with Crippen LogP contribution in [-0.4, -0.2) is 14.5 Å². The molecule has 10 rings (SSSR count). The molecule has 10 aromatic rings. The number of thiophene rings is 1. The summed E-state index contributed by atoms with van der Waals surface area (Å²) >= 11 is 0.726. The molecule has 0 aliphatic heterocycles. The molecule has 0 saturated carbocycles. The second-order valence-electron chi connectivity index (χ2n) is 9.64. The highest BCUT2D eigenvalue weighted by Crippen LogP contribution is 2.47. The molecule has 0 amide bonds. The van der Waals surface area contributed by atoms with E-state index in [4.69, 9.17) is 34.6 Å². The maximum Gasteiger partial charge on any atom is 0.235 e. The smallest absolute Gasteiger partial charge is 0.235 e. The lowest BCUT2D eigenvalue weighted by Crippen LogP contribution is -2.04. The van der Waals surface area contributed by atoms with Crippen molar-refractivity contribution >= 4 is 85.8 Å². The quantitative estimate of drug-likeness (QED) is 0.185. The number of aromatic nitrogens is 3. The van der Waals surface area contributed by atoms with Crippen molar-refractivity contribution < 1.29 is 31.5 Å². The third kappa shape index (κ3) is 3.20. The van der Waals surface area contributed by atoms with E-state index in [1.807, 2.05) is 0 Å². The number of hydrogen-bond donors (Lipinski definition) is 0. The van der Waals surface area contributed by atoms with Crippen molar-refractivity contribution in [2.45, 2.75) is 0 Å². The average molecular weight is 601 g/mol. The van der Waals surface area contributed by atoms with Gasteiger partial charge in [-0.05, 0) is 34.3 Å². The molecule has 0 N–H and O–H groups in total. The van der Waals surface area contributed by atoms with Gasteiger partial charge in [0.25, 0.3) is 0 Å². The zero-order valence-corrected chi connectivity index (χ0v) is 22.6. The van der Waals surface area contributed by atoms with Crippen LogP contribution in [0.1, 0.15) is 31.5 Å². The van der Waals surface area contributed by atoms with E-state index in [0.717, 1.165) is 15.9 Å². The fourth-order valence-corrected chi connectivity index (χ4v) is 6.83. The van der Waals surface area contributed by atoms with Gasteiger partial charge in [0, 0.05) is 42.6 Å². The van der Waals surface area contributed by atoms with Crippen LogP contribution in [0.2, 0.25) is 0 Å². The summed E-state index contributed by atoms with van der Waals surface area (Å²) in [5.74, 6) is -0.691. The highest BCUT2D eigenvalue weighted by molar-refractivity contribution is 7.27. The Bertz CT molecular complexity index is 4060. The van der Waals surface area contributed by atoms with Gasteiger partial charge in [-0.15, -0.1) is 11.3 Å². The molecule has 3 aromatic heterocycles. The van der Waals surface area contributed by atoms with Gasteiger partial charge in [0.15, 0.2) is 0 Å². The standard InChI is InChI=1S/C40H23N3S/c1-2-13-25(14-3-1)36-31-23-22-24-12-4-5-15-26(24)37(31)42-40(41-36)43-32-20-10-8-18-29(32)34-27-16-6-7-17-28(27)35-30-19-9-11-21-33(30)44-39(35)38(34)43/h1-23H/i1D,2D,3D,4D,5D,6D,7D,8D,9D,10D,11D,12D,13D,14D,15D,16D,17D,18D,19D,20D,21D,22D,23D. The Balaban J connectivity index is 1.62. The van der Waals surface area contributed by atoms with E-state index in [1.165, 1.54) is 0 Å². The van der Waals surface area contributed by atoms with Crippen molar-refractivity contribution in [1.82, 2.24) is 14.5 Å². The Kier molecular flexibility index (Phi) is 2.21. The van der Waals surface area contributed by atoms with E-state index in [9.17, 15) is 6.85 Å². The van der Waals surface area contributed by atoms with Crippen LogP contribution >= 0.6 is 11.3 Å². The van der Waals surface area contributed by atoms with Gasteiger partial charge in [-0.3, -0.25) is 4.57 Å². The number of benzene rings is 7. The zero-order chi connectivity index (χ0) is 48.8. The van der Waals surface area contributed by atoms with E-state index in [0.29, 0.717) is 0 Å². The monoisotopic (exact) mass is 600 g/mol.